The van der Waals surface area contributed by atoms with Crippen molar-refractivity contribution in [3.8, 4) is 23.1 Å². The van der Waals surface area contributed by atoms with E-state index in [1.165, 1.54) is 106 Å². The number of hydrogen-bond acceptors (Lipinski definition) is 9. The lowest BCUT2D eigenvalue weighted by Crippen LogP contribution is -2.26. The number of alkyl halides is 3. The lowest BCUT2D eigenvalue weighted by atomic mass is 10.1. The van der Waals surface area contributed by atoms with Gasteiger partial charge in [-0.05, 0) is 42.8 Å². The molecule has 1 aromatic carbocycles. The topological polar surface area (TPSA) is 243 Å². The SMILES string of the molecule is CCCCCCCCCCCCOc1ccc(N=C(N)N)cc1N=C(N)N.CCS(=O)(=O)c1ccc(-n2cc(Cl)cn2)nc1-c1nc2cc(C(F)(F)F)n(C)c(=O)c2n1C. The van der Waals surface area contributed by atoms with Crippen molar-refractivity contribution in [2.75, 3.05) is 12.4 Å². The number of guanidine groups is 2. The van der Waals surface area contributed by atoms with Gasteiger partial charge in [0.2, 0.25) is 0 Å². The van der Waals surface area contributed by atoms with Crippen LogP contribution in [0.25, 0.3) is 28.4 Å². The molecule has 4 aromatic heterocycles. The van der Waals surface area contributed by atoms with Gasteiger partial charge in [0, 0.05) is 14.1 Å². The van der Waals surface area contributed by atoms with Gasteiger partial charge >= 0.3 is 6.18 Å². The lowest BCUT2D eigenvalue weighted by molar-refractivity contribution is -0.143. The summed E-state index contributed by atoms with van der Waals surface area (Å²) < 4.78 is 74.5. The molecule has 16 nitrogen and oxygen atoms in total. The summed E-state index contributed by atoms with van der Waals surface area (Å²) in [5, 5.41) is 4.34. The third kappa shape index (κ3) is 12.4. The van der Waals surface area contributed by atoms with Crippen LogP contribution in [0.4, 0.5) is 24.5 Å². The van der Waals surface area contributed by atoms with E-state index in [9.17, 15) is 26.4 Å². The van der Waals surface area contributed by atoms with Crippen molar-refractivity contribution < 1.29 is 26.3 Å². The minimum absolute atomic E-state index is 0.0234. The number of unbranched alkanes of at least 4 members (excludes halogenated alkanes) is 9. The van der Waals surface area contributed by atoms with Crippen LogP contribution in [0.1, 0.15) is 83.7 Å². The van der Waals surface area contributed by atoms with E-state index in [2.05, 4.69) is 32.0 Å². The Morgan fingerprint density at radius 3 is 2.05 bits per heavy atom. The minimum Gasteiger partial charge on any atom is -0.491 e. The molecule has 326 valence electrons. The number of aryl methyl sites for hydroxylation is 1. The van der Waals surface area contributed by atoms with Crippen LogP contribution >= 0.6 is 11.6 Å². The second kappa shape index (κ2) is 21.1. The van der Waals surface area contributed by atoms with Gasteiger partial charge in [-0.2, -0.15) is 18.3 Å². The predicted molar refractivity (Wildman–Crippen MR) is 229 cm³/mol. The number of nitrogens with two attached hydrogens (primary N) is 4. The molecule has 60 heavy (non-hydrogen) atoms. The van der Waals surface area contributed by atoms with E-state index in [-0.39, 0.29) is 50.9 Å². The van der Waals surface area contributed by atoms with Crippen LogP contribution in [0.5, 0.6) is 5.75 Å². The normalized spacial score (nSPS) is 11.6. The highest BCUT2D eigenvalue weighted by Crippen LogP contribution is 2.34. The Balaban J connectivity index is 0.000000271. The Morgan fingerprint density at radius 2 is 1.48 bits per heavy atom. The van der Waals surface area contributed by atoms with Crippen molar-refractivity contribution in [2.45, 2.75) is 89.1 Å². The summed E-state index contributed by atoms with van der Waals surface area (Å²) in [6, 6.07) is 8.70. The van der Waals surface area contributed by atoms with Gasteiger partial charge < -0.3 is 36.8 Å². The highest BCUT2D eigenvalue weighted by Gasteiger charge is 2.35. The molecule has 5 aromatic rings. The summed E-state index contributed by atoms with van der Waals surface area (Å²) >= 11 is 5.90. The van der Waals surface area contributed by atoms with Gasteiger partial charge in [0.1, 0.15) is 28.3 Å². The van der Waals surface area contributed by atoms with Crippen molar-refractivity contribution in [3.63, 3.8) is 0 Å². The molecular formula is C39H52ClF3N12O4S. The molecule has 0 fully saturated rings. The highest BCUT2D eigenvalue weighted by atomic mass is 35.5. The second-order valence-corrected chi connectivity index (χ2v) is 16.6. The van der Waals surface area contributed by atoms with Gasteiger partial charge in [-0.3, -0.25) is 4.79 Å². The number of aromatic nitrogens is 6. The number of hydrogen-bond donors (Lipinski definition) is 4. The fourth-order valence-corrected chi connectivity index (χ4v) is 7.41. The molecule has 8 N–H and O–H groups in total. The average Bonchev–Trinajstić information content (AvgIpc) is 3.77. The number of ether oxygens (including phenoxy) is 1. The molecule has 0 atom stereocenters. The molecule has 5 rings (SSSR count). The van der Waals surface area contributed by atoms with Crippen LogP contribution in [-0.4, -0.2) is 61.6 Å². The minimum atomic E-state index is -4.78. The quantitative estimate of drug-likeness (QED) is 0.0406. The smallest absolute Gasteiger partial charge is 0.431 e. The van der Waals surface area contributed by atoms with Crippen LogP contribution in [0.15, 0.2) is 68.5 Å². The summed E-state index contributed by atoms with van der Waals surface area (Å²) in [6.45, 7) is 4.33. The monoisotopic (exact) mass is 876 g/mol. The Kier molecular flexibility index (Phi) is 16.5. The average molecular weight is 877 g/mol. The number of fused-ring (bicyclic) bond motifs is 1. The lowest BCUT2D eigenvalue weighted by Gasteiger charge is -2.12. The van der Waals surface area contributed by atoms with Crippen LogP contribution in [0.2, 0.25) is 5.02 Å². The molecule has 0 amide bonds. The van der Waals surface area contributed by atoms with Gasteiger partial charge in [0.15, 0.2) is 33.4 Å². The molecular weight excluding hydrogens is 825 g/mol. The Labute approximate surface area is 351 Å². The molecule has 0 saturated heterocycles. The number of halogens is 4. The van der Waals surface area contributed by atoms with Crippen molar-refractivity contribution in [1.29, 1.82) is 0 Å². The predicted octanol–water partition coefficient (Wildman–Crippen LogP) is 6.78. The maximum Gasteiger partial charge on any atom is 0.431 e. The molecule has 4 heterocycles. The maximum absolute atomic E-state index is 13.4. The van der Waals surface area contributed by atoms with Crippen molar-refractivity contribution in [2.24, 2.45) is 47.0 Å². The number of sulfone groups is 1. The Bertz CT molecular complexity index is 2470. The van der Waals surface area contributed by atoms with Gasteiger partial charge in [-0.25, -0.2) is 33.1 Å². The van der Waals surface area contributed by atoms with Gasteiger partial charge in [-0.15, -0.1) is 0 Å². The van der Waals surface area contributed by atoms with E-state index < -0.39 is 27.3 Å². The van der Waals surface area contributed by atoms with Gasteiger partial charge in [0.05, 0.1) is 45.9 Å². The largest absolute Gasteiger partial charge is 0.491 e. The van der Waals surface area contributed by atoms with Crippen LogP contribution in [0.3, 0.4) is 0 Å². The van der Waals surface area contributed by atoms with E-state index >= 15 is 0 Å². The van der Waals surface area contributed by atoms with Crippen LogP contribution in [0, 0.1) is 0 Å². The summed E-state index contributed by atoms with van der Waals surface area (Å²) in [6.07, 6.45) is 10.9. The van der Waals surface area contributed by atoms with Gasteiger partial charge in [0.25, 0.3) is 5.56 Å². The second-order valence-electron chi connectivity index (χ2n) is 13.9. The molecule has 0 spiro atoms. The standard InChI is InChI=1S/C20H36N6O.C19H16ClF3N6O3S/c1-2-3-4-5-6-7-8-9-10-11-14-27-18-13-12-16(25-19(21)22)15-17(18)26-20(23)24;1-4-33(31,32)12-5-6-14(29-9-10(20)8-24-29)26-15(12)17-25-11-7-13(19(21,22)23)27(2)18(30)16(11)28(17)3/h12-13,15H,2-11,14H2,1H3,(H4,21,22,25)(H4,23,24,26);5-9H,4H2,1-3H3. The van der Waals surface area contributed by atoms with E-state index in [1.807, 2.05) is 0 Å². The number of aliphatic imine (C=N–C) groups is 2. The number of benzene rings is 1. The fourth-order valence-electron chi connectivity index (χ4n) is 6.25. The molecule has 0 unspecified atom stereocenters. The van der Waals surface area contributed by atoms with Gasteiger partial charge in [-0.1, -0.05) is 83.2 Å². The zero-order valence-corrected chi connectivity index (χ0v) is 35.6. The summed E-state index contributed by atoms with van der Waals surface area (Å²) in [4.78, 5) is 29.2. The summed E-state index contributed by atoms with van der Waals surface area (Å²) in [7, 11) is -1.40. The molecule has 0 bridgehead atoms. The number of nitrogens with zero attached hydrogens (tertiary/aromatic N) is 8. The zero-order valence-electron chi connectivity index (χ0n) is 34.0. The number of rotatable bonds is 18. The zero-order chi connectivity index (χ0) is 44.2. The fraction of sp³-hybridized carbons (Fsp3) is 0.436. The first-order valence-electron chi connectivity index (χ1n) is 19.4. The van der Waals surface area contributed by atoms with E-state index in [0.717, 1.165) is 19.5 Å². The Morgan fingerprint density at radius 1 is 0.850 bits per heavy atom. The number of imidazole rings is 1. The van der Waals surface area contributed by atoms with Crippen molar-refractivity contribution in [3.05, 3.63) is 69.9 Å². The molecule has 0 aliphatic carbocycles. The van der Waals surface area contributed by atoms with E-state index in [1.54, 1.807) is 18.2 Å². The van der Waals surface area contributed by atoms with Crippen LogP contribution in [-0.2, 0) is 30.1 Å². The van der Waals surface area contributed by atoms with Crippen molar-refractivity contribution >= 4 is 55.8 Å². The third-order valence-electron chi connectivity index (χ3n) is 9.32. The molecule has 21 heteroatoms. The van der Waals surface area contributed by atoms with E-state index in [0.29, 0.717) is 33.3 Å². The van der Waals surface area contributed by atoms with Crippen molar-refractivity contribution in [1.82, 2.24) is 28.9 Å². The summed E-state index contributed by atoms with van der Waals surface area (Å²) in [5.41, 5.74) is 20.3. The van der Waals surface area contributed by atoms with E-state index in [4.69, 9.17) is 39.3 Å². The Hall–Kier alpha value is -5.63. The first kappa shape index (κ1) is 47.1. The molecule has 0 aliphatic heterocycles. The van der Waals surface area contributed by atoms with Crippen LogP contribution < -0.4 is 33.2 Å². The number of pyridine rings is 2. The highest BCUT2D eigenvalue weighted by molar-refractivity contribution is 7.91. The maximum atomic E-state index is 13.4. The summed E-state index contributed by atoms with van der Waals surface area (Å²) in [5.74, 6) is 0.411. The first-order valence-corrected chi connectivity index (χ1v) is 21.4. The first-order chi connectivity index (χ1) is 28.4. The third-order valence-corrected chi connectivity index (χ3v) is 11.3. The molecule has 0 aliphatic rings. The molecule has 0 saturated carbocycles. The molecule has 0 radical (unpaired) electrons.